The lowest BCUT2D eigenvalue weighted by Gasteiger charge is -1.89. The van der Waals surface area contributed by atoms with E-state index in [9.17, 15) is 0 Å². The maximum absolute atomic E-state index is 5.51. The Hall–Kier alpha value is -0.395. The third kappa shape index (κ3) is 3.50. The Labute approximate surface area is 76.7 Å². The number of hydrogen-bond donors (Lipinski definition) is 0. The van der Waals surface area contributed by atoms with Crippen molar-refractivity contribution in [2.24, 2.45) is 0 Å². The Morgan fingerprint density at radius 3 is 2.27 bits per heavy atom. The molecule has 11 heavy (non-hydrogen) atoms. The van der Waals surface area contributed by atoms with Crippen LogP contribution < -0.4 is 0 Å². The predicted octanol–water partition coefficient (Wildman–Crippen LogP) is 3.20. The Morgan fingerprint density at radius 1 is 1.09 bits per heavy atom. The van der Waals surface area contributed by atoms with E-state index in [2.05, 4.69) is 0 Å². The molecule has 0 aliphatic carbocycles. The van der Waals surface area contributed by atoms with E-state index in [0.29, 0.717) is 0 Å². The molecule has 1 aromatic rings. The summed E-state index contributed by atoms with van der Waals surface area (Å²) in [7, 11) is 0. The van der Waals surface area contributed by atoms with Crippen LogP contribution in [0.5, 0.6) is 0 Å². The Balaban J connectivity index is 2.65. The van der Waals surface area contributed by atoms with Gasteiger partial charge in [-0.3, -0.25) is 0 Å². The minimum absolute atomic E-state index is 0.421. The summed E-state index contributed by atoms with van der Waals surface area (Å²) < 4.78 is 0. The van der Waals surface area contributed by atoms with Gasteiger partial charge in [-0.05, 0) is 5.56 Å². The second kappa shape index (κ2) is 4.48. The molecule has 0 amide bonds. The van der Waals surface area contributed by atoms with E-state index in [1.807, 2.05) is 36.4 Å². The molecule has 0 heterocycles. The molecular formula is C8H7BCl2. The van der Waals surface area contributed by atoms with E-state index in [-0.39, 0.29) is 0 Å². The molecule has 0 saturated heterocycles. The van der Waals surface area contributed by atoms with Crippen LogP contribution in [0.2, 0.25) is 0 Å². The molecule has 0 nitrogen and oxygen atoms in total. The molecule has 1 aromatic carbocycles. The van der Waals surface area contributed by atoms with Gasteiger partial charge in [0, 0.05) is 0 Å². The lowest BCUT2D eigenvalue weighted by Crippen LogP contribution is -1.82. The van der Waals surface area contributed by atoms with Crippen molar-refractivity contribution >= 4 is 34.5 Å². The summed E-state index contributed by atoms with van der Waals surface area (Å²) in [5.41, 5.74) is 0.689. The molecule has 0 unspecified atom stereocenters. The molecule has 0 bridgehead atoms. The van der Waals surface area contributed by atoms with Gasteiger partial charge in [-0.25, -0.2) is 0 Å². The van der Waals surface area contributed by atoms with Gasteiger partial charge in [0.05, 0.1) is 0 Å². The van der Waals surface area contributed by atoms with Gasteiger partial charge in [0.25, 0.3) is 0 Å². The number of benzene rings is 1. The SMILES string of the molecule is ClB(Cl)C=Cc1ccccc1. The zero-order valence-corrected chi connectivity index (χ0v) is 7.39. The van der Waals surface area contributed by atoms with Crippen LogP contribution in [-0.4, -0.2) is 5.54 Å². The zero-order chi connectivity index (χ0) is 8.10. The quantitative estimate of drug-likeness (QED) is 0.620. The molecule has 1 rings (SSSR count). The van der Waals surface area contributed by atoms with Gasteiger partial charge in [0.1, 0.15) is 0 Å². The van der Waals surface area contributed by atoms with Gasteiger partial charge in [-0.2, -0.15) is 22.9 Å². The van der Waals surface area contributed by atoms with Crippen molar-refractivity contribution in [3.8, 4) is 0 Å². The Morgan fingerprint density at radius 2 is 1.73 bits per heavy atom. The summed E-state index contributed by atoms with van der Waals surface area (Å²) in [6.07, 6.45) is 1.89. The van der Waals surface area contributed by atoms with Gasteiger partial charge >= 0.3 is 5.54 Å². The zero-order valence-electron chi connectivity index (χ0n) is 5.87. The highest BCUT2D eigenvalue weighted by Crippen LogP contribution is 2.04. The van der Waals surface area contributed by atoms with Gasteiger partial charge in [0.2, 0.25) is 0 Å². The van der Waals surface area contributed by atoms with E-state index in [0.717, 1.165) is 5.56 Å². The van der Waals surface area contributed by atoms with Crippen molar-refractivity contribution in [1.82, 2.24) is 0 Å². The first-order valence-corrected chi connectivity index (χ1v) is 4.18. The first-order valence-electron chi connectivity index (χ1n) is 3.30. The fourth-order valence-electron chi connectivity index (χ4n) is 0.748. The van der Waals surface area contributed by atoms with Crippen molar-refractivity contribution < 1.29 is 0 Å². The summed E-state index contributed by atoms with van der Waals surface area (Å²) in [4.78, 5) is 0. The molecule has 0 atom stereocenters. The van der Waals surface area contributed by atoms with Crippen LogP contribution in [-0.2, 0) is 0 Å². The van der Waals surface area contributed by atoms with Gasteiger partial charge in [0.15, 0.2) is 0 Å². The molecular weight excluding hydrogens is 178 g/mol. The number of hydrogen-bond acceptors (Lipinski definition) is 0. The lowest BCUT2D eigenvalue weighted by molar-refractivity contribution is 1.66. The topological polar surface area (TPSA) is 0 Å². The highest BCUT2D eigenvalue weighted by Gasteiger charge is 1.96. The van der Waals surface area contributed by atoms with Crippen LogP contribution in [0.1, 0.15) is 5.56 Å². The van der Waals surface area contributed by atoms with E-state index < -0.39 is 5.54 Å². The molecule has 0 spiro atoms. The molecule has 0 aromatic heterocycles. The smallest absolute Gasteiger partial charge is 0.165 e. The highest BCUT2D eigenvalue weighted by atomic mass is 35.5. The summed E-state index contributed by atoms with van der Waals surface area (Å²) in [6.45, 7) is 0. The molecule has 0 aliphatic rings. The second-order valence-electron chi connectivity index (χ2n) is 2.10. The van der Waals surface area contributed by atoms with Gasteiger partial charge in [-0.15, -0.1) is 0 Å². The molecule has 0 fully saturated rings. The normalized spacial score (nSPS) is 10.4. The molecule has 56 valence electrons. The van der Waals surface area contributed by atoms with E-state index in [4.69, 9.17) is 22.9 Å². The standard InChI is InChI=1S/C8H7BCl2/c10-9(11)7-6-8-4-2-1-3-5-8/h1-7H. The lowest BCUT2D eigenvalue weighted by atomic mass is 10.0. The fourth-order valence-corrected chi connectivity index (χ4v) is 0.893. The largest absolute Gasteiger partial charge is 0.375 e. The van der Waals surface area contributed by atoms with Crippen LogP contribution in [0.4, 0.5) is 0 Å². The Bertz CT molecular complexity index is 231. The van der Waals surface area contributed by atoms with Crippen LogP contribution >= 0.6 is 22.9 Å². The van der Waals surface area contributed by atoms with E-state index in [1.54, 1.807) is 5.98 Å². The Kier molecular flexibility index (Phi) is 3.54. The third-order valence-electron chi connectivity index (χ3n) is 1.23. The maximum atomic E-state index is 5.51. The van der Waals surface area contributed by atoms with Crippen LogP contribution in [0.25, 0.3) is 6.08 Å². The average molecular weight is 185 g/mol. The highest BCUT2D eigenvalue weighted by molar-refractivity contribution is 7.36. The second-order valence-corrected chi connectivity index (χ2v) is 3.27. The van der Waals surface area contributed by atoms with E-state index in [1.165, 1.54) is 0 Å². The summed E-state index contributed by atoms with van der Waals surface area (Å²) >= 11 is 11.0. The molecule has 0 saturated carbocycles. The fraction of sp³-hybridized carbons (Fsp3) is 0. The first kappa shape index (κ1) is 8.70. The number of rotatable bonds is 2. The maximum Gasteiger partial charge on any atom is 0.375 e. The van der Waals surface area contributed by atoms with E-state index >= 15 is 0 Å². The van der Waals surface area contributed by atoms with Crippen molar-refractivity contribution in [1.29, 1.82) is 0 Å². The van der Waals surface area contributed by atoms with Crippen molar-refractivity contribution in [3.63, 3.8) is 0 Å². The molecule has 0 N–H and O–H groups in total. The summed E-state index contributed by atoms with van der Waals surface area (Å²) in [5, 5.41) is 0. The predicted molar refractivity (Wildman–Crippen MR) is 52.9 cm³/mol. The minimum atomic E-state index is -0.421. The minimum Gasteiger partial charge on any atom is -0.165 e. The number of halogens is 2. The van der Waals surface area contributed by atoms with Crippen molar-refractivity contribution in [3.05, 3.63) is 41.9 Å². The van der Waals surface area contributed by atoms with Gasteiger partial charge in [-0.1, -0.05) is 42.4 Å². The molecule has 0 aliphatic heterocycles. The summed E-state index contributed by atoms with van der Waals surface area (Å²) in [5.74, 6) is 1.73. The first-order chi connectivity index (χ1) is 5.29. The average Bonchev–Trinajstić information content (AvgIpc) is 2.03. The van der Waals surface area contributed by atoms with Crippen LogP contribution in [0.3, 0.4) is 0 Å². The summed E-state index contributed by atoms with van der Waals surface area (Å²) in [6, 6.07) is 9.89. The van der Waals surface area contributed by atoms with Gasteiger partial charge < -0.3 is 0 Å². The monoisotopic (exact) mass is 184 g/mol. The molecule has 3 heteroatoms. The third-order valence-corrected chi connectivity index (χ3v) is 1.52. The van der Waals surface area contributed by atoms with Crippen LogP contribution in [0, 0.1) is 0 Å². The van der Waals surface area contributed by atoms with Crippen molar-refractivity contribution in [2.45, 2.75) is 0 Å². The van der Waals surface area contributed by atoms with Crippen molar-refractivity contribution in [2.75, 3.05) is 0 Å². The van der Waals surface area contributed by atoms with Crippen LogP contribution in [0.15, 0.2) is 36.3 Å². The molecule has 0 radical (unpaired) electrons.